The fourth-order valence-electron chi connectivity index (χ4n) is 2.14. The van der Waals surface area contributed by atoms with Gasteiger partial charge in [-0.3, -0.25) is 9.59 Å². The minimum absolute atomic E-state index is 0.0222. The number of thiophene rings is 1. The number of thioether (sulfide) groups is 1. The first-order chi connectivity index (χ1) is 13.0. The summed E-state index contributed by atoms with van der Waals surface area (Å²) in [5.74, 6) is -0.652. The molecule has 0 saturated heterocycles. The predicted octanol–water partition coefficient (Wildman–Crippen LogP) is 3.76. The van der Waals surface area contributed by atoms with E-state index >= 15 is 0 Å². The summed E-state index contributed by atoms with van der Waals surface area (Å²) in [6, 6.07) is 11.3. The Labute approximate surface area is 163 Å². The summed E-state index contributed by atoms with van der Waals surface area (Å²) < 4.78 is 1.55. The molecule has 0 N–H and O–H groups in total. The summed E-state index contributed by atoms with van der Waals surface area (Å²) in [5, 5.41) is 20.7. The normalized spacial score (nSPS) is 11.4. The lowest BCUT2D eigenvalue weighted by Gasteiger charge is -2.07. The van der Waals surface area contributed by atoms with Crippen LogP contribution in [0, 0.1) is 0 Å². The van der Waals surface area contributed by atoms with Crippen molar-refractivity contribution in [1.82, 2.24) is 20.2 Å². The zero-order chi connectivity index (χ0) is 19.2. The molecule has 0 radical (unpaired) electrons. The van der Waals surface area contributed by atoms with Crippen molar-refractivity contribution in [1.29, 1.82) is 0 Å². The van der Waals surface area contributed by atoms with E-state index in [1.54, 1.807) is 22.2 Å². The number of azo groups is 1. The zero-order valence-corrected chi connectivity index (χ0v) is 16.3. The first-order valence-corrected chi connectivity index (χ1v) is 9.95. The van der Waals surface area contributed by atoms with Crippen molar-refractivity contribution >= 4 is 34.9 Å². The van der Waals surface area contributed by atoms with Crippen molar-refractivity contribution in [2.45, 2.75) is 24.9 Å². The number of benzene rings is 1. The van der Waals surface area contributed by atoms with Crippen LogP contribution in [0.5, 0.6) is 0 Å². The van der Waals surface area contributed by atoms with Gasteiger partial charge in [0, 0.05) is 0 Å². The molecule has 0 aliphatic carbocycles. The molecule has 0 unspecified atom stereocenters. The molecule has 0 fully saturated rings. The van der Waals surface area contributed by atoms with E-state index in [9.17, 15) is 9.59 Å². The number of rotatable bonds is 6. The van der Waals surface area contributed by atoms with Crippen LogP contribution in [-0.4, -0.2) is 37.8 Å². The Kier molecular flexibility index (Phi) is 6.20. The van der Waals surface area contributed by atoms with E-state index in [0.717, 1.165) is 17.4 Å². The van der Waals surface area contributed by atoms with Gasteiger partial charge in [-0.05, 0) is 45.5 Å². The quantitative estimate of drug-likeness (QED) is 0.461. The summed E-state index contributed by atoms with van der Waals surface area (Å²) in [6.45, 7) is 4.24. The van der Waals surface area contributed by atoms with Gasteiger partial charge in [-0.2, -0.15) is 4.68 Å². The van der Waals surface area contributed by atoms with Crippen LogP contribution >= 0.6 is 23.1 Å². The molecule has 0 atom stereocenters. The van der Waals surface area contributed by atoms with Crippen LogP contribution < -0.4 is 0 Å². The minimum atomic E-state index is -0.533. The van der Waals surface area contributed by atoms with E-state index in [1.807, 2.05) is 24.3 Å². The van der Waals surface area contributed by atoms with Crippen molar-refractivity contribution in [3.63, 3.8) is 0 Å². The second-order valence-electron chi connectivity index (χ2n) is 5.78. The van der Waals surface area contributed by atoms with Gasteiger partial charge in [0.15, 0.2) is 0 Å². The molecular formula is C17H16N6O2S2. The number of carbonyl (C=O) groups is 2. The molecule has 3 rings (SSSR count). The SMILES string of the molecule is CC(C)c1ccc(-n2nnnc2SCC(=O)N=NC(=O)c2cccs2)cc1. The standard InChI is InChI=1S/C17H16N6O2S2/c1-11(2)12-5-7-13(8-6-12)23-17(20-21-22-23)27-10-15(24)18-19-16(25)14-4-3-9-26-14/h3-9,11H,10H2,1-2H3. The second kappa shape index (κ2) is 8.78. The topological polar surface area (TPSA) is 102 Å². The fraction of sp³-hybridized carbons (Fsp3) is 0.235. The maximum atomic E-state index is 11.9. The summed E-state index contributed by atoms with van der Waals surface area (Å²) in [6.07, 6.45) is 0. The van der Waals surface area contributed by atoms with E-state index in [2.05, 4.69) is 39.6 Å². The van der Waals surface area contributed by atoms with E-state index in [4.69, 9.17) is 0 Å². The zero-order valence-electron chi connectivity index (χ0n) is 14.6. The van der Waals surface area contributed by atoms with E-state index in [-0.39, 0.29) is 5.75 Å². The maximum absolute atomic E-state index is 11.9. The number of aromatic nitrogens is 4. The highest BCUT2D eigenvalue weighted by molar-refractivity contribution is 7.99. The first kappa shape index (κ1) is 19.1. The highest BCUT2D eigenvalue weighted by Crippen LogP contribution is 2.21. The molecule has 0 spiro atoms. The summed E-state index contributed by atoms with van der Waals surface area (Å²) in [5.41, 5.74) is 2.01. The van der Waals surface area contributed by atoms with E-state index in [1.165, 1.54) is 16.9 Å². The Morgan fingerprint density at radius 1 is 1.19 bits per heavy atom. The molecule has 27 heavy (non-hydrogen) atoms. The van der Waals surface area contributed by atoms with Gasteiger partial charge in [0.2, 0.25) is 5.16 Å². The molecule has 0 saturated carbocycles. The van der Waals surface area contributed by atoms with Gasteiger partial charge in [-0.15, -0.1) is 26.7 Å². The smallest absolute Gasteiger partial charge is 0.270 e. The monoisotopic (exact) mass is 400 g/mol. The van der Waals surface area contributed by atoms with Crippen LogP contribution in [0.15, 0.2) is 57.2 Å². The van der Waals surface area contributed by atoms with Crippen molar-refractivity contribution in [2.75, 3.05) is 5.75 Å². The number of nitrogens with zero attached hydrogens (tertiary/aromatic N) is 6. The Morgan fingerprint density at radius 3 is 2.63 bits per heavy atom. The maximum Gasteiger partial charge on any atom is 0.305 e. The first-order valence-electron chi connectivity index (χ1n) is 8.08. The molecule has 2 amide bonds. The van der Waals surface area contributed by atoms with Crippen LogP contribution in [0.25, 0.3) is 5.69 Å². The van der Waals surface area contributed by atoms with E-state index < -0.39 is 11.8 Å². The number of hydrogen-bond acceptors (Lipinski definition) is 7. The van der Waals surface area contributed by atoms with Crippen molar-refractivity contribution < 1.29 is 9.59 Å². The number of amides is 2. The van der Waals surface area contributed by atoms with Crippen molar-refractivity contribution in [3.05, 3.63) is 52.2 Å². The van der Waals surface area contributed by atoms with Crippen molar-refractivity contribution in [2.24, 2.45) is 10.2 Å². The number of tetrazole rings is 1. The van der Waals surface area contributed by atoms with Gasteiger partial charge < -0.3 is 0 Å². The van der Waals surface area contributed by atoms with Gasteiger partial charge >= 0.3 is 5.91 Å². The molecule has 0 bridgehead atoms. The lowest BCUT2D eigenvalue weighted by Crippen LogP contribution is -2.03. The fourth-order valence-corrected chi connectivity index (χ4v) is 3.41. The summed E-state index contributed by atoms with van der Waals surface area (Å²) >= 11 is 2.38. The van der Waals surface area contributed by atoms with Crippen LogP contribution in [0.1, 0.15) is 35.0 Å². The third kappa shape index (κ3) is 4.92. The van der Waals surface area contributed by atoms with E-state index in [0.29, 0.717) is 16.0 Å². The molecule has 0 aliphatic rings. The van der Waals surface area contributed by atoms with Crippen molar-refractivity contribution in [3.8, 4) is 5.69 Å². The second-order valence-corrected chi connectivity index (χ2v) is 7.67. The van der Waals surface area contributed by atoms with Crippen LogP contribution in [-0.2, 0) is 4.79 Å². The minimum Gasteiger partial charge on any atom is -0.270 e. The average molecular weight is 400 g/mol. The molecule has 2 aromatic heterocycles. The van der Waals surface area contributed by atoms with Gasteiger partial charge in [-0.25, -0.2) is 0 Å². The molecule has 2 heterocycles. The molecule has 1 aromatic carbocycles. The Morgan fingerprint density at radius 2 is 1.96 bits per heavy atom. The van der Waals surface area contributed by atoms with Gasteiger partial charge in [0.25, 0.3) is 5.91 Å². The predicted molar refractivity (Wildman–Crippen MR) is 102 cm³/mol. The summed E-state index contributed by atoms with van der Waals surface area (Å²) in [7, 11) is 0. The lowest BCUT2D eigenvalue weighted by molar-refractivity contribution is -0.115. The third-order valence-corrected chi connectivity index (χ3v) is 5.32. The molecule has 0 aliphatic heterocycles. The van der Waals surface area contributed by atoms with Gasteiger partial charge in [0.1, 0.15) is 0 Å². The number of hydrogen-bond donors (Lipinski definition) is 0. The van der Waals surface area contributed by atoms with Gasteiger partial charge in [-0.1, -0.05) is 43.8 Å². The van der Waals surface area contributed by atoms with Crippen LogP contribution in [0.3, 0.4) is 0 Å². The average Bonchev–Trinajstić information content (AvgIpc) is 3.36. The third-order valence-electron chi connectivity index (χ3n) is 3.55. The molecule has 3 aromatic rings. The van der Waals surface area contributed by atoms with Crippen LogP contribution in [0.2, 0.25) is 0 Å². The Balaban J connectivity index is 1.61. The molecule has 10 heteroatoms. The molecule has 8 nitrogen and oxygen atoms in total. The number of carbonyl (C=O) groups excluding carboxylic acids is 2. The largest absolute Gasteiger partial charge is 0.305 e. The molecular weight excluding hydrogens is 384 g/mol. The molecule has 138 valence electrons. The van der Waals surface area contributed by atoms with Gasteiger partial charge in [0.05, 0.1) is 16.3 Å². The summed E-state index contributed by atoms with van der Waals surface area (Å²) in [4.78, 5) is 24.0. The highest BCUT2D eigenvalue weighted by atomic mass is 32.2. The Hall–Kier alpha value is -2.72. The Bertz CT molecular complexity index is 948. The lowest BCUT2D eigenvalue weighted by atomic mass is 10.0. The highest BCUT2D eigenvalue weighted by Gasteiger charge is 2.12. The van der Waals surface area contributed by atoms with Crippen LogP contribution in [0.4, 0.5) is 0 Å².